The molecular formula is C58H72FN10O13+. The summed E-state index contributed by atoms with van der Waals surface area (Å²) < 4.78 is 32.4. The summed E-state index contributed by atoms with van der Waals surface area (Å²) in [5.41, 5.74) is 2.74. The molecule has 1 unspecified atom stereocenters. The number of rotatable bonds is 26. The average Bonchev–Trinajstić information content (AvgIpc) is 1.97. The van der Waals surface area contributed by atoms with Gasteiger partial charge >= 0.3 is 5.97 Å². The zero-order valence-electron chi connectivity index (χ0n) is 46.9. The molecule has 6 heterocycles. The lowest BCUT2D eigenvalue weighted by Crippen LogP contribution is -3.12. The van der Waals surface area contributed by atoms with E-state index in [1.807, 2.05) is 24.3 Å². The Kier molecular flexibility index (Phi) is 19.6. The van der Waals surface area contributed by atoms with Crippen LogP contribution in [0.25, 0.3) is 22.3 Å². The van der Waals surface area contributed by atoms with E-state index in [0.717, 1.165) is 66.2 Å². The predicted octanol–water partition coefficient (Wildman–Crippen LogP) is 0.979. The van der Waals surface area contributed by atoms with E-state index in [1.54, 1.807) is 30.5 Å². The number of halogens is 1. The first-order chi connectivity index (χ1) is 39.3. The van der Waals surface area contributed by atoms with Gasteiger partial charge in [0.25, 0.3) is 17.4 Å². The molecule has 8 rings (SSSR count). The number of hydrogen-bond acceptors (Lipinski definition) is 15. The van der Waals surface area contributed by atoms with Gasteiger partial charge in [-0.15, -0.1) is 0 Å². The van der Waals surface area contributed by atoms with Crippen LogP contribution in [0.1, 0.15) is 99.5 Å². The number of anilines is 1. The number of hydrogen-bond donors (Lipinski definition) is 7. The summed E-state index contributed by atoms with van der Waals surface area (Å²) in [5, 5.41) is 25.7. The number of cyclic esters (lactones) is 1. The second kappa shape index (κ2) is 26.8. The molecule has 0 radical (unpaired) electrons. The molecular weight excluding hydrogens is 1060 g/mol. The Hall–Kier alpha value is -7.93. The van der Waals surface area contributed by atoms with Crippen LogP contribution in [0.15, 0.2) is 59.4 Å². The SMILES string of the molecule is CC[C@@]1(O)C(=O)OCc2c1cc1n(c2=O)Cc2c-1nc1cc(F)c(OC)cc1c2CN1CCC([NH+](C)Cc2ccc(NC(=O)[C@H](C)NC(=O)CCCNC(=O)[C@H](CCC(=O)NCCOC)NC(=O)CCCN3C(=O)C=CC3=O)cc2)CC1. The quantitative estimate of drug-likeness (QED) is 0.0231. The molecule has 1 saturated heterocycles. The minimum absolute atomic E-state index is 0.00861. The van der Waals surface area contributed by atoms with Crippen LogP contribution in [0.5, 0.6) is 5.75 Å². The number of quaternary nitrogens is 1. The minimum atomic E-state index is -1.98. The molecule has 24 heteroatoms. The number of methoxy groups -OCH3 is 2. The van der Waals surface area contributed by atoms with E-state index in [4.69, 9.17) is 19.2 Å². The summed E-state index contributed by atoms with van der Waals surface area (Å²) in [5.74, 6) is -4.47. The third kappa shape index (κ3) is 13.9. The number of nitrogens with zero attached hydrogens (tertiary/aromatic N) is 4. The Labute approximate surface area is 473 Å². The monoisotopic (exact) mass is 1140 g/mol. The van der Waals surface area contributed by atoms with Gasteiger partial charge in [0.1, 0.15) is 25.2 Å². The molecule has 4 aromatic rings. The molecule has 0 aliphatic carbocycles. The zero-order valence-corrected chi connectivity index (χ0v) is 46.9. The third-order valence-electron chi connectivity index (χ3n) is 15.7. The molecule has 82 heavy (non-hydrogen) atoms. The molecule has 2 aromatic carbocycles. The molecule has 4 aliphatic rings. The molecule has 0 saturated carbocycles. The number of ether oxygens (including phenoxy) is 3. The van der Waals surface area contributed by atoms with Gasteiger partial charge in [-0.3, -0.25) is 48.2 Å². The first-order valence-corrected chi connectivity index (χ1v) is 27.8. The van der Waals surface area contributed by atoms with Crippen LogP contribution in [0.3, 0.4) is 0 Å². The number of piperidine rings is 1. The van der Waals surface area contributed by atoms with Crippen molar-refractivity contribution in [3.8, 4) is 17.1 Å². The number of aliphatic hydroxyl groups is 1. The number of imide groups is 1. The molecule has 23 nitrogen and oxygen atoms in total. The number of carbonyl (C=O) groups is 8. The number of amides is 7. The van der Waals surface area contributed by atoms with Crippen LogP contribution in [0, 0.1) is 5.82 Å². The number of esters is 1. The van der Waals surface area contributed by atoms with Gasteiger partial charge in [0, 0.05) is 124 Å². The molecule has 1 fully saturated rings. The van der Waals surface area contributed by atoms with Crippen LogP contribution >= 0.6 is 0 Å². The van der Waals surface area contributed by atoms with Crippen molar-refractivity contribution >= 4 is 63.9 Å². The number of nitrogens with one attached hydrogen (secondary N) is 6. The van der Waals surface area contributed by atoms with E-state index < -0.39 is 64.9 Å². The molecule has 2 aromatic heterocycles. The Morgan fingerprint density at radius 1 is 0.890 bits per heavy atom. The lowest BCUT2D eigenvalue weighted by Gasteiger charge is -2.35. The van der Waals surface area contributed by atoms with Crippen molar-refractivity contribution < 1.29 is 67.0 Å². The highest BCUT2D eigenvalue weighted by Crippen LogP contribution is 2.41. The van der Waals surface area contributed by atoms with Gasteiger partial charge in [-0.2, -0.15) is 0 Å². The Morgan fingerprint density at radius 2 is 1.60 bits per heavy atom. The summed E-state index contributed by atoms with van der Waals surface area (Å²) >= 11 is 0. The smallest absolute Gasteiger partial charge is 0.343 e. The highest BCUT2D eigenvalue weighted by atomic mass is 19.1. The van der Waals surface area contributed by atoms with E-state index in [0.29, 0.717) is 47.2 Å². The van der Waals surface area contributed by atoms with E-state index in [-0.39, 0.29) is 106 Å². The first kappa shape index (κ1) is 60.2. The van der Waals surface area contributed by atoms with Crippen LogP contribution in [-0.2, 0) is 79.7 Å². The number of likely N-dealkylation sites (tertiary alicyclic amines) is 1. The van der Waals surface area contributed by atoms with Crippen molar-refractivity contribution in [2.24, 2.45) is 0 Å². The Balaban J connectivity index is 0.787. The Morgan fingerprint density at radius 3 is 2.29 bits per heavy atom. The van der Waals surface area contributed by atoms with Gasteiger partial charge in [-0.05, 0) is 62.4 Å². The van der Waals surface area contributed by atoms with Crippen molar-refractivity contribution in [2.45, 2.75) is 122 Å². The average molecular weight is 1140 g/mol. The normalized spacial score (nSPS) is 17.8. The molecule has 7 amide bonds. The van der Waals surface area contributed by atoms with Crippen LogP contribution in [-0.4, -0.2) is 151 Å². The summed E-state index contributed by atoms with van der Waals surface area (Å²) in [6.45, 7) is 6.62. The summed E-state index contributed by atoms with van der Waals surface area (Å²) in [6, 6.07) is 10.6. The van der Waals surface area contributed by atoms with Gasteiger partial charge < -0.3 is 55.4 Å². The van der Waals surface area contributed by atoms with Gasteiger partial charge in [0.15, 0.2) is 17.2 Å². The molecule has 0 spiro atoms. The first-order valence-electron chi connectivity index (χ1n) is 27.8. The molecule has 4 atom stereocenters. The summed E-state index contributed by atoms with van der Waals surface area (Å²) in [4.78, 5) is 124. The number of carbonyl (C=O) groups excluding carboxylic acids is 8. The van der Waals surface area contributed by atoms with Crippen LogP contribution in [0.2, 0.25) is 0 Å². The fourth-order valence-electron chi connectivity index (χ4n) is 10.9. The predicted molar refractivity (Wildman–Crippen MR) is 296 cm³/mol. The lowest BCUT2D eigenvalue weighted by molar-refractivity contribution is -0.921. The lowest BCUT2D eigenvalue weighted by atomic mass is 9.86. The van der Waals surface area contributed by atoms with Crippen LogP contribution < -0.4 is 41.8 Å². The maximum absolute atomic E-state index is 15.3. The van der Waals surface area contributed by atoms with Crippen LogP contribution in [0.4, 0.5) is 10.1 Å². The van der Waals surface area contributed by atoms with Crippen molar-refractivity contribution in [1.29, 1.82) is 0 Å². The second-order valence-corrected chi connectivity index (χ2v) is 21.2. The largest absolute Gasteiger partial charge is 0.494 e. The zero-order chi connectivity index (χ0) is 58.8. The fraction of sp³-hybridized carbons (Fsp3) is 0.483. The maximum atomic E-state index is 15.3. The molecule has 7 N–H and O–H groups in total. The highest BCUT2D eigenvalue weighted by Gasteiger charge is 2.46. The number of fused-ring (bicyclic) bond motifs is 5. The number of benzene rings is 2. The van der Waals surface area contributed by atoms with Crippen molar-refractivity contribution in [3.05, 3.63) is 98.6 Å². The van der Waals surface area contributed by atoms with Gasteiger partial charge in [-0.25, -0.2) is 14.2 Å². The van der Waals surface area contributed by atoms with E-state index in [9.17, 15) is 48.3 Å². The van der Waals surface area contributed by atoms with Gasteiger partial charge in [0.05, 0.1) is 55.8 Å². The molecule has 4 aliphatic heterocycles. The second-order valence-electron chi connectivity index (χ2n) is 21.2. The number of pyridine rings is 2. The van der Waals surface area contributed by atoms with E-state index >= 15 is 4.39 Å². The molecule has 0 bridgehead atoms. The maximum Gasteiger partial charge on any atom is 0.343 e. The summed E-state index contributed by atoms with van der Waals surface area (Å²) in [7, 11) is 5.06. The fourth-order valence-corrected chi connectivity index (χ4v) is 10.9. The number of aromatic nitrogens is 2. The standard InChI is InChI=1S/C58H71FN10O13/c1-6-58(79)42-28-46-53-40(32-69(46)56(77)41(42)33-82-57(58)78)39(38-27-47(81-5)43(59)29-45(38)65-53)31-67-24-19-37(20-25-67)66(3)30-35-11-13-36(14-12-35)63-54(75)34(2)62-49(71)9-7-21-61-55(76)44(15-16-48(70)60-22-26-80-4)64-50(72)10-8-23-68-51(73)17-18-52(68)74/h11-14,17-18,27-29,34,37,44,79H,6-10,15-16,19-26,30-33H2,1-5H3,(H,60,70)(H,61,76)(H,62,71)(H,63,75)(H,64,72)/p+1/t34-,44-,58-/m0/s1. The third-order valence-corrected chi connectivity index (χ3v) is 15.7. The summed E-state index contributed by atoms with van der Waals surface area (Å²) in [6.07, 6.45) is 4.32. The van der Waals surface area contributed by atoms with E-state index in [1.165, 1.54) is 25.2 Å². The topological polar surface area (TPSA) is 290 Å². The van der Waals surface area contributed by atoms with Crippen molar-refractivity contribution in [2.75, 3.05) is 65.9 Å². The minimum Gasteiger partial charge on any atom is -0.494 e. The Bertz CT molecular complexity index is 3200. The highest BCUT2D eigenvalue weighted by molar-refractivity contribution is 6.12. The molecule has 438 valence electrons. The van der Waals surface area contributed by atoms with Gasteiger partial charge in [0.2, 0.25) is 29.5 Å². The van der Waals surface area contributed by atoms with Crippen molar-refractivity contribution in [3.63, 3.8) is 0 Å². The van der Waals surface area contributed by atoms with E-state index in [2.05, 4.69) is 38.5 Å². The van der Waals surface area contributed by atoms with Crippen molar-refractivity contribution in [1.82, 2.24) is 40.6 Å². The van der Waals surface area contributed by atoms with Gasteiger partial charge in [-0.1, -0.05) is 19.1 Å².